The average molecular weight is 246 g/mol. The minimum absolute atomic E-state index is 0.202. The number of amides is 1. The summed E-state index contributed by atoms with van der Waals surface area (Å²) < 4.78 is 5.40. The van der Waals surface area contributed by atoms with Gasteiger partial charge >= 0.3 is 0 Å². The van der Waals surface area contributed by atoms with E-state index in [1.807, 2.05) is 13.8 Å². The first-order valence-electron chi connectivity index (χ1n) is 5.51. The van der Waals surface area contributed by atoms with Crippen LogP contribution in [0.1, 0.15) is 35.0 Å². The highest BCUT2D eigenvalue weighted by Crippen LogP contribution is 2.19. The van der Waals surface area contributed by atoms with Crippen molar-refractivity contribution in [2.24, 2.45) is 5.73 Å². The topological polar surface area (TPSA) is 94.0 Å². The number of aryl methyl sites for hydroxylation is 1. The lowest BCUT2D eigenvalue weighted by molar-refractivity contribution is 0.100. The second kappa shape index (κ2) is 4.87. The molecule has 0 fully saturated rings. The number of pyridine rings is 1. The molecule has 0 aromatic carbocycles. The van der Waals surface area contributed by atoms with Crippen LogP contribution in [0.2, 0.25) is 0 Å². The monoisotopic (exact) mass is 246 g/mol. The number of carbonyl (C=O) groups excluding carboxylic acids is 1. The Morgan fingerprint density at radius 1 is 1.50 bits per heavy atom. The number of nitrogens with one attached hydrogen (secondary N) is 1. The summed E-state index contributed by atoms with van der Waals surface area (Å²) in [6, 6.07) is 3.07. The normalized spacial score (nSPS) is 12.1. The third kappa shape index (κ3) is 2.48. The van der Waals surface area contributed by atoms with Crippen LogP contribution >= 0.6 is 0 Å². The fraction of sp³-hybridized carbons (Fsp3) is 0.250. The largest absolute Gasteiger partial charge is 0.444 e. The lowest BCUT2D eigenvalue weighted by Gasteiger charge is -2.12. The number of rotatable bonds is 4. The predicted octanol–water partition coefficient (Wildman–Crippen LogP) is 1.65. The van der Waals surface area contributed by atoms with Gasteiger partial charge in [0.2, 0.25) is 5.89 Å². The molecule has 0 bridgehead atoms. The number of carbonyl (C=O) groups is 1. The summed E-state index contributed by atoms with van der Waals surface area (Å²) in [7, 11) is 0. The fourth-order valence-electron chi connectivity index (χ4n) is 1.56. The lowest BCUT2D eigenvalue weighted by atomic mass is 10.2. The number of primary amides is 1. The summed E-state index contributed by atoms with van der Waals surface area (Å²) >= 11 is 0. The first kappa shape index (κ1) is 12.1. The molecule has 2 aromatic rings. The number of nitrogens with two attached hydrogens (primary N) is 1. The summed E-state index contributed by atoms with van der Waals surface area (Å²) in [5, 5.41) is 3.05. The van der Waals surface area contributed by atoms with E-state index in [0.29, 0.717) is 17.3 Å². The van der Waals surface area contributed by atoms with Gasteiger partial charge in [0.05, 0.1) is 11.8 Å². The van der Waals surface area contributed by atoms with Crippen molar-refractivity contribution in [2.45, 2.75) is 19.9 Å². The van der Waals surface area contributed by atoms with E-state index in [4.69, 9.17) is 10.2 Å². The Balaban J connectivity index is 2.21. The maximum absolute atomic E-state index is 11.2. The van der Waals surface area contributed by atoms with Gasteiger partial charge in [-0.3, -0.25) is 4.79 Å². The fourth-order valence-corrected chi connectivity index (χ4v) is 1.56. The van der Waals surface area contributed by atoms with Gasteiger partial charge in [-0.15, -0.1) is 0 Å². The summed E-state index contributed by atoms with van der Waals surface area (Å²) in [5.41, 5.74) is 5.62. The zero-order chi connectivity index (χ0) is 13.1. The number of oxazole rings is 1. The molecule has 0 spiro atoms. The Bertz CT molecular complexity index is 565. The third-order valence-electron chi connectivity index (χ3n) is 2.44. The van der Waals surface area contributed by atoms with Gasteiger partial charge in [0.25, 0.3) is 5.91 Å². The minimum Gasteiger partial charge on any atom is -0.444 e. The number of aromatic nitrogens is 2. The van der Waals surface area contributed by atoms with Crippen LogP contribution in [0.4, 0.5) is 5.82 Å². The highest BCUT2D eigenvalue weighted by molar-refractivity contribution is 5.97. The van der Waals surface area contributed by atoms with Gasteiger partial charge in [0.15, 0.2) is 0 Å². The zero-order valence-corrected chi connectivity index (χ0v) is 10.2. The molecule has 18 heavy (non-hydrogen) atoms. The van der Waals surface area contributed by atoms with E-state index in [2.05, 4.69) is 15.3 Å². The molecule has 1 unspecified atom stereocenters. The summed E-state index contributed by atoms with van der Waals surface area (Å²) in [6.07, 6.45) is 3.23. The maximum atomic E-state index is 11.2. The molecule has 6 heteroatoms. The summed E-state index contributed by atoms with van der Waals surface area (Å²) in [6.45, 7) is 3.68. The van der Waals surface area contributed by atoms with E-state index >= 15 is 0 Å². The van der Waals surface area contributed by atoms with Crippen molar-refractivity contribution in [2.75, 3.05) is 5.32 Å². The average Bonchev–Trinajstić information content (AvgIpc) is 2.76. The molecule has 0 aliphatic carbocycles. The molecule has 3 N–H and O–H groups in total. The van der Waals surface area contributed by atoms with E-state index in [9.17, 15) is 4.79 Å². The first-order chi connectivity index (χ1) is 8.58. The molecule has 2 rings (SSSR count). The summed E-state index contributed by atoms with van der Waals surface area (Å²) in [4.78, 5) is 19.5. The van der Waals surface area contributed by atoms with Crippen LogP contribution in [0.3, 0.4) is 0 Å². The molecule has 0 saturated carbocycles. The van der Waals surface area contributed by atoms with E-state index in [-0.39, 0.29) is 6.04 Å². The van der Waals surface area contributed by atoms with E-state index in [0.717, 1.165) is 5.76 Å². The van der Waals surface area contributed by atoms with Crippen LogP contribution in [0, 0.1) is 6.92 Å². The molecule has 2 aromatic heterocycles. The maximum Gasteiger partial charge on any atom is 0.252 e. The van der Waals surface area contributed by atoms with Gasteiger partial charge in [0, 0.05) is 6.20 Å². The van der Waals surface area contributed by atoms with Crippen LogP contribution in [0.5, 0.6) is 0 Å². The second-order valence-electron chi connectivity index (χ2n) is 3.94. The van der Waals surface area contributed by atoms with Crippen molar-refractivity contribution in [3.63, 3.8) is 0 Å². The molecule has 0 aliphatic rings. The molecule has 94 valence electrons. The van der Waals surface area contributed by atoms with Crippen molar-refractivity contribution in [1.29, 1.82) is 0 Å². The Morgan fingerprint density at radius 3 is 2.89 bits per heavy atom. The molecular formula is C12H14N4O2. The highest BCUT2D eigenvalue weighted by Gasteiger charge is 2.15. The Kier molecular flexibility index (Phi) is 3.27. The van der Waals surface area contributed by atoms with Gasteiger partial charge in [-0.2, -0.15) is 0 Å². The molecule has 0 aliphatic heterocycles. The van der Waals surface area contributed by atoms with Crippen molar-refractivity contribution >= 4 is 11.7 Å². The molecule has 2 heterocycles. The van der Waals surface area contributed by atoms with E-state index < -0.39 is 5.91 Å². The van der Waals surface area contributed by atoms with Crippen molar-refractivity contribution in [3.8, 4) is 0 Å². The zero-order valence-electron chi connectivity index (χ0n) is 10.2. The summed E-state index contributed by atoms with van der Waals surface area (Å²) in [5.74, 6) is 1.16. The first-order valence-corrected chi connectivity index (χ1v) is 5.51. The van der Waals surface area contributed by atoms with Crippen LogP contribution in [0.25, 0.3) is 0 Å². The van der Waals surface area contributed by atoms with Gasteiger partial charge in [0.1, 0.15) is 17.6 Å². The quantitative estimate of drug-likeness (QED) is 0.855. The molecule has 1 atom stereocenters. The van der Waals surface area contributed by atoms with Crippen LogP contribution in [-0.4, -0.2) is 15.9 Å². The van der Waals surface area contributed by atoms with Gasteiger partial charge in [-0.25, -0.2) is 9.97 Å². The van der Waals surface area contributed by atoms with E-state index in [1.54, 1.807) is 24.5 Å². The van der Waals surface area contributed by atoms with Gasteiger partial charge in [-0.05, 0) is 26.0 Å². The molecule has 0 saturated heterocycles. The smallest absolute Gasteiger partial charge is 0.252 e. The van der Waals surface area contributed by atoms with Crippen LogP contribution in [-0.2, 0) is 0 Å². The van der Waals surface area contributed by atoms with Gasteiger partial charge < -0.3 is 15.5 Å². The predicted molar refractivity (Wildman–Crippen MR) is 66.0 cm³/mol. The second-order valence-corrected chi connectivity index (χ2v) is 3.94. The van der Waals surface area contributed by atoms with Crippen molar-refractivity contribution in [3.05, 3.63) is 41.7 Å². The number of hydrogen-bond donors (Lipinski definition) is 2. The van der Waals surface area contributed by atoms with Crippen molar-refractivity contribution in [1.82, 2.24) is 9.97 Å². The molecular weight excluding hydrogens is 232 g/mol. The number of anilines is 1. The van der Waals surface area contributed by atoms with Gasteiger partial charge in [-0.1, -0.05) is 0 Å². The Hall–Kier alpha value is -2.37. The Labute approximate surface area is 104 Å². The SMILES string of the molecule is Cc1cnc(C(C)Nc2ncccc2C(N)=O)o1. The molecule has 6 nitrogen and oxygen atoms in total. The highest BCUT2D eigenvalue weighted by atomic mass is 16.4. The number of nitrogens with zero attached hydrogens (tertiary/aromatic N) is 2. The lowest BCUT2D eigenvalue weighted by Crippen LogP contribution is -2.17. The van der Waals surface area contributed by atoms with Crippen molar-refractivity contribution < 1.29 is 9.21 Å². The minimum atomic E-state index is -0.526. The number of hydrogen-bond acceptors (Lipinski definition) is 5. The molecule has 0 radical (unpaired) electrons. The molecule has 1 amide bonds. The van der Waals surface area contributed by atoms with Crippen LogP contribution < -0.4 is 11.1 Å². The standard InChI is InChI=1S/C12H14N4O2/c1-7-6-15-12(18-7)8(2)16-11-9(10(13)17)4-3-5-14-11/h3-6,8H,1-2H3,(H2,13,17)(H,14,16). The Morgan fingerprint density at radius 2 is 2.28 bits per heavy atom. The third-order valence-corrected chi connectivity index (χ3v) is 2.44. The van der Waals surface area contributed by atoms with Crippen LogP contribution in [0.15, 0.2) is 28.9 Å². The van der Waals surface area contributed by atoms with E-state index in [1.165, 1.54) is 0 Å².